The molecule has 1 amide bonds. The minimum atomic E-state index is -0.156. The molecule has 0 saturated carbocycles. The fraction of sp³-hybridized carbons (Fsp3) is 0.429. The molecule has 1 aromatic carbocycles. The third kappa shape index (κ3) is 3.58. The van der Waals surface area contributed by atoms with Gasteiger partial charge in [-0.25, -0.2) is 0 Å². The average molecular weight is 352 g/mol. The summed E-state index contributed by atoms with van der Waals surface area (Å²) in [5, 5.41) is 0. The van der Waals surface area contributed by atoms with Crippen LogP contribution in [0.15, 0.2) is 48.8 Å². The van der Waals surface area contributed by atoms with Crippen LogP contribution in [-0.2, 0) is 4.74 Å². The highest BCUT2D eigenvalue weighted by Crippen LogP contribution is 2.37. The third-order valence-corrected chi connectivity index (χ3v) is 5.34. The Balaban J connectivity index is 1.34. The smallest absolute Gasteiger partial charge is 0.253 e. The van der Waals surface area contributed by atoms with Crippen LogP contribution >= 0.6 is 0 Å². The molecule has 0 radical (unpaired) electrons. The molecule has 2 aliphatic heterocycles. The molecule has 5 nitrogen and oxygen atoms in total. The number of benzene rings is 1. The topological polar surface area (TPSA) is 51.7 Å². The van der Waals surface area contributed by atoms with Crippen LogP contribution in [0, 0.1) is 6.92 Å². The lowest BCUT2D eigenvalue weighted by Gasteiger charge is -2.38. The molecule has 0 N–H and O–H groups in total. The van der Waals surface area contributed by atoms with Crippen LogP contribution in [-0.4, -0.2) is 47.2 Å². The second kappa shape index (κ2) is 7.08. The maximum absolute atomic E-state index is 12.7. The van der Waals surface area contributed by atoms with Crippen molar-refractivity contribution in [3.63, 3.8) is 0 Å². The Labute approximate surface area is 153 Å². The van der Waals surface area contributed by atoms with Crippen molar-refractivity contribution in [2.24, 2.45) is 0 Å². The standard InChI is InChI=1S/C21H24N2O3/c1-16-4-2-5-17(12-16)20(24)23-10-7-21(8-11-23)13-19(15-25-21)26-18-6-3-9-22-14-18/h2-6,9,12,14,19H,7-8,10-11,13,15H2,1H3/t19-/m0/s1. The summed E-state index contributed by atoms with van der Waals surface area (Å²) < 4.78 is 12.1. The van der Waals surface area contributed by atoms with Crippen molar-refractivity contribution >= 4 is 5.91 Å². The van der Waals surface area contributed by atoms with Crippen LogP contribution in [0.3, 0.4) is 0 Å². The Morgan fingerprint density at radius 1 is 1.27 bits per heavy atom. The van der Waals surface area contributed by atoms with Crippen LogP contribution in [0.1, 0.15) is 35.2 Å². The monoisotopic (exact) mass is 352 g/mol. The molecule has 2 saturated heterocycles. The molecule has 2 aliphatic rings. The van der Waals surface area contributed by atoms with E-state index in [-0.39, 0.29) is 17.6 Å². The molecule has 1 aromatic heterocycles. The van der Waals surface area contributed by atoms with Crippen molar-refractivity contribution in [2.45, 2.75) is 37.9 Å². The average Bonchev–Trinajstić information content (AvgIpc) is 3.05. The van der Waals surface area contributed by atoms with Gasteiger partial charge in [-0.1, -0.05) is 17.7 Å². The first-order valence-corrected chi connectivity index (χ1v) is 9.20. The molecule has 136 valence electrons. The zero-order valence-corrected chi connectivity index (χ0v) is 15.1. The summed E-state index contributed by atoms with van der Waals surface area (Å²) in [6, 6.07) is 11.6. The lowest BCUT2D eigenvalue weighted by molar-refractivity contribution is -0.0395. The summed E-state index contributed by atoms with van der Waals surface area (Å²) in [6.07, 6.45) is 6.11. The summed E-state index contributed by atoms with van der Waals surface area (Å²) in [5.41, 5.74) is 1.72. The van der Waals surface area contributed by atoms with Crippen LogP contribution in [0.25, 0.3) is 0 Å². The Morgan fingerprint density at radius 3 is 2.85 bits per heavy atom. The van der Waals surface area contributed by atoms with E-state index in [2.05, 4.69) is 4.98 Å². The molecular weight excluding hydrogens is 328 g/mol. The first-order chi connectivity index (χ1) is 12.6. The molecule has 1 atom stereocenters. The van der Waals surface area contributed by atoms with Gasteiger partial charge in [0.05, 0.1) is 18.4 Å². The Hall–Kier alpha value is -2.40. The van der Waals surface area contributed by atoms with Gasteiger partial charge in [-0.2, -0.15) is 0 Å². The molecule has 5 heteroatoms. The normalized spacial score (nSPS) is 21.7. The van der Waals surface area contributed by atoms with Gasteiger partial charge in [0, 0.05) is 31.3 Å². The molecule has 1 spiro atoms. The quantitative estimate of drug-likeness (QED) is 0.851. The maximum Gasteiger partial charge on any atom is 0.253 e. The van der Waals surface area contributed by atoms with Crippen molar-refractivity contribution in [3.8, 4) is 5.75 Å². The number of amides is 1. The Morgan fingerprint density at radius 2 is 2.12 bits per heavy atom. The predicted octanol–water partition coefficient (Wildman–Crippen LogP) is 3.23. The molecule has 0 aliphatic carbocycles. The van der Waals surface area contributed by atoms with Gasteiger partial charge in [0.1, 0.15) is 11.9 Å². The van der Waals surface area contributed by atoms with Crippen molar-refractivity contribution < 1.29 is 14.3 Å². The minimum Gasteiger partial charge on any atom is -0.486 e. The zero-order chi connectivity index (χ0) is 18.0. The number of carbonyl (C=O) groups is 1. The van der Waals surface area contributed by atoms with Gasteiger partial charge < -0.3 is 14.4 Å². The highest BCUT2D eigenvalue weighted by atomic mass is 16.6. The SMILES string of the molecule is Cc1cccc(C(=O)N2CCC3(CC2)C[C@H](Oc2cccnc2)CO3)c1. The maximum atomic E-state index is 12.7. The van der Waals surface area contributed by atoms with Crippen molar-refractivity contribution in [1.82, 2.24) is 9.88 Å². The Bertz CT molecular complexity index is 770. The number of aryl methyl sites for hydroxylation is 1. The second-order valence-corrected chi connectivity index (χ2v) is 7.29. The second-order valence-electron chi connectivity index (χ2n) is 7.29. The van der Waals surface area contributed by atoms with E-state index in [0.717, 1.165) is 49.2 Å². The third-order valence-electron chi connectivity index (χ3n) is 5.34. The van der Waals surface area contributed by atoms with Gasteiger partial charge >= 0.3 is 0 Å². The van der Waals surface area contributed by atoms with E-state index < -0.39 is 0 Å². The number of likely N-dealkylation sites (tertiary alicyclic amines) is 1. The van der Waals surface area contributed by atoms with E-state index >= 15 is 0 Å². The Kier molecular flexibility index (Phi) is 4.64. The number of hydrogen-bond acceptors (Lipinski definition) is 4. The number of pyridine rings is 1. The number of piperidine rings is 1. The van der Waals surface area contributed by atoms with Gasteiger partial charge in [-0.3, -0.25) is 9.78 Å². The van der Waals surface area contributed by atoms with Crippen molar-refractivity contribution in [3.05, 3.63) is 59.9 Å². The summed E-state index contributed by atoms with van der Waals surface area (Å²) in [4.78, 5) is 18.7. The number of carbonyl (C=O) groups excluding carboxylic acids is 1. The van der Waals surface area contributed by atoms with E-state index in [1.54, 1.807) is 12.4 Å². The fourth-order valence-electron chi connectivity index (χ4n) is 3.91. The predicted molar refractivity (Wildman–Crippen MR) is 98.3 cm³/mol. The molecule has 2 fully saturated rings. The summed E-state index contributed by atoms with van der Waals surface area (Å²) >= 11 is 0. The summed E-state index contributed by atoms with van der Waals surface area (Å²) in [5.74, 6) is 0.898. The highest BCUT2D eigenvalue weighted by molar-refractivity contribution is 5.94. The first kappa shape index (κ1) is 17.0. The van der Waals surface area contributed by atoms with Gasteiger partial charge in [-0.05, 0) is 44.0 Å². The molecule has 2 aromatic rings. The number of nitrogens with zero attached hydrogens (tertiary/aromatic N) is 2. The fourth-order valence-corrected chi connectivity index (χ4v) is 3.91. The highest BCUT2D eigenvalue weighted by Gasteiger charge is 2.44. The zero-order valence-electron chi connectivity index (χ0n) is 15.1. The lowest BCUT2D eigenvalue weighted by atomic mass is 9.87. The van der Waals surface area contributed by atoms with Crippen LogP contribution in [0.2, 0.25) is 0 Å². The molecule has 0 bridgehead atoms. The summed E-state index contributed by atoms with van der Waals surface area (Å²) in [7, 11) is 0. The molecule has 4 rings (SSSR count). The van der Waals surface area contributed by atoms with Crippen LogP contribution < -0.4 is 4.74 Å². The molecular formula is C21H24N2O3. The van der Waals surface area contributed by atoms with E-state index in [0.29, 0.717) is 6.61 Å². The number of aromatic nitrogens is 1. The van der Waals surface area contributed by atoms with E-state index in [9.17, 15) is 4.79 Å². The number of hydrogen-bond donors (Lipinski definition) is 0. The molecule has 26 heavy (non-hydrogen) atoms. The van der Waals surface area contributed by atoms with Gasteiger partial charge in [0.15, 0.2) is 0 Å². The van der Waals surface area contributed by atoms with Gasteiger partial charge in [0.25, 0.3) is 5.91 Å². The van der Waals surface area contributed by atoms with E-state index in [1.807, 2.05) is 48.2 Å². The van der Waals surface area contributed by atoms with Crippen molar-refractivity contribution in [1.29, 1.82) is 0 Å². The number of ether oxygens (including phenoxy) is 2. The van der Waals surface area contributed by atoms with Crippen molar-refractivity contribution in [2.75, 3.05) is 19.7 Å². The van der Waals surface area contributed by atoms with Crippen LogP contribution in [0.4, 0.5) is 0 Å². The van der Waals surface area contributed by atoms with E-state index in [4.69, 9.17) is 9.47 Å². The largest absolute Gasteiger partial charge is 0.486 e. The minimum absolute atomic E-state index is 0.0539. The van der Waals surface area contributed by atoms with Gasteiger partial charge in [0.2, 0.25) is 0 Å². The molecule has 3 heterocycles. The molecule has 0 unspecified atom stereocenters. The van der Waals surface area contributed by atoms with Gasteiger partial charge in [-0.15, -0.1) is 0 Å². The van der Waals surface area contributed by atoms with E-state index in [1.165, 1.54) is 0 Å². The lowest BCUT2D eigenvalue weighted by Crippen LogP contribution is -2.46. The number of rotatable bonds is 3. The first-order valence-electron chi connectivity index (χ1n) is 9.20. The summed E-state index contributed by atoms with van der Waals surface area (Å²) in [6.45, 7) is 4.07. The van der Waals surface area contributed by atoms with Crippen LogP contribution in [0.5, 0.6) is 5.75 Å².